The summed E-state index contributed by atoms with van der Waals surface area (Å²) in [7, 11) is -4.10. The van der Waals surface area contributed by atoms with Crippen LogP contribution >= 0.6 is 0 Å². The van der Waals surface area contributed by atoms with Crippen LogP contribution in [-0.2, 0) is 10.0 Å². The minimum Gasteiger partial charge on any atom is -0.328 e. The molecule has 1 aliphatic rings. The quantitative estimate of drug-likeness (QED) is 0.664. The normalized spacial score (nSPS) is 19.0. The van der Waals surface area contributed by atoms with Gasteiger partial charge in [0.1, 0.15) is 0 Å². The summed E-state index contributed by atoms with van der Waals surface area (Å²) in [6.45, 7) is 2.32. The van der Waals surface area contributed by atoms with Crippen LogP contribution in [0.1, 0.15) is 19.8 Å². The molecule has 0 bridgehead atoms. The summed E-state index contributed by atoms with van der Waals surface area (Å²) in [6.07, 6.45) is 1.17. The Labute approximate surface area is 128 Å². The molecule has 122 valence electrons. The lowest BCUT2D eigenvalue weighted by atomic mass is 9.92. The molecule has 1 atom stereocenters. The number of hydrogen-bond donors (Lipinski definition) is 1. The van der Waals surface area contributed by atoms with Crippen molar-refractivity contribution < 1.29 is 17.7 Å². The third-order valence-electron chi connectivity index (χ3n) is 3.99. The average Bonchev–Trinajstić information content (AvgIpc) is 2.46. The molecular formula is C13H18FN3O4S. The maximum absolute atomic E-state index is 13.6. The number of para-hydroxylation sites is 1. The number of nitrogens with two attached hydrogens (primary N) is 1. The van der Waals surface area contributed by atoms with E-state index in [1.54, 1.807) is 0 Å². The van der Waals surface area contributed by atoms with Gasteiger partial charge >= 0.3 is 5.69 Å². The van der Waals surface area contributed by atoms with Crippen molar-refractivity contribution in [1.82, 2.24) is 4.31 Å². The summed E-state index contributed by atoms with van der Waals surface area (Å²) >= 11 is 0. The molecule has 2 rings (SSSR count). The molecule has 7 nitrogen and oxygen atoms in total. The first-order valence-electron chi connectivity index (χ1n) is 6.93. The zero-order chi connectivity index (χ0) is 16.5. The van der Waals surface area contributed by atoms with Crippen molar-refractivity contribution >= 4 is 15.7 Å². The number of nitro groups is 1. The molecule has 0 radical (unpaired) electrons. The maximum Gasteiger partial charge on any atom is 0.324 e. The first-order chi connectivity index (χ1) is 10.2. The van der Waals surface area contributed by atoms with Crippen molar-refractivity contribution in [2.45, 2.75) is 30.7 Å². The van der Waals surface area contributed by atoms with Gasteiger partial charge in [-0.3, -0.25) is 10.1 Å². The van der Waals surface area contributed by atoms with Gasteiger partial charge in [0.2, 0.25) is 15.8 Å². The van der Waals surface area contributed by atoms with Gasteiger partial charge in [0.25, 0.3) is 0 Å². The van der Waals surface area contributed by atoms with E-state index in [4.69, 9.17) is 5.73 Å². The summed E-state index contributed by atoms with van der Waals surface area (Å²) in [5.41, 5.74) is 4.81. The average molecular weight is 331 g/mol. The molecule has 1 aromatic rings. The van der Waals surface area contributed by atoms with Crippen LogP contribution in [0.5, 0.6) is 0 Å². The molecule has 0 saturated carbocycles. The first kappa shape index (κ1) is 16.8. The number of piperidine rings is 1. The third kappa shape index (κ3) is 3.11. The molecule has 0 amide bonds. The fourth-order valence-corrected chi connectivity index (χ4v) is 4.30. The SMILES string of the molecule is CC(N)C1CCN(S(=O)(=O)c2cccc(F)c2[N+](=O)[O-])CC1. The van der Waals surface area contributed by atoms with Crippen LogP contribution in [0.25, 0.3) is 0 Å². The summed E-state index contributed by atoms with van der Waals surface area (Å²) in [6, 6.07) is 3.06. The second-order valence-electron chi connectivity index (χ2n) is 5.44. The van der Waals surface area contributed by atoms with E-state index in [9.17, 15) is 22.9 Å². The number of benzene rings is 1. The van der Waals surface area contributed by atoms with E-state index in [-0.39, 0.29) is 25.0 Å². The second-order valence-corrected chi connectivity index (χ2v) is 7.35. The Bertz CT molecular complexity index is 670. The van der Waals surface area contributed by atoms with E-state index < -0.39 is 31.3 Å². The molecule has 1 aliphatic heterocycles. The molecule has 2 N–H and O–H groups in total. The lowest BCUT2D eigenvalue weighted by Gasteiger charge is -2.32. The summed E-state index contributed by atoms with van der Waals surface area (Å²) in [5.74, 6) is -0.939. The molecule has 0 aromatic heterocycles. The van der Waals surface area contributed by atoms with E-state index in [0.717, 1.165) is 22.5 Å². The second kappa shape index (κ2) is 6.27. The molecule has 1 unspecified atom stereocenters. The highest BCUT2D eigenvalue weighted by molar-refractivity contribution is 7.89. The van der Waals surface area contributed by atoms with Crippen LogP contribution in [0, 0.1) is 21.8 Å². The minimum absolute atomic E-state index is 0.0339. The fourth-order valence-electron chi connectivity index (χ4n) is 2.66. The van der Waals surface area contributed by atoms with Gasteiger partial charge in [-0.25, -0.2) is 8.42 Å². The Hall–Kier alpha value is -1.58. The van der Waals surface area contributed by atoms with Gasteiger partial charge in [0, 0.05) is 19.1 Å². The molecule has 1 saturated heterocycles. The van der Waals surface area contributed by atoms with Crippen molar-refractivity contribution in [2.75, 3.05) is 13.1 Å². The molecule has 1 aromatic carbocycles. The Morgan fingerprint density at radius 3 is 2.50 bits per heavy atom. The summed E-state index contributed by atoms with van der Waals surface area (Å²) < 4.78 is 39.9. The van der Waals surface area contributed by atoms with Crippen LogP contribution in [0.4, 0.5) is 10.1 Å². The monoisotopic (exact) mass is 331 g/mol. The number of hydrogen-bond acceptors (Lipinski definition) is 5. The summed E-state index contributed by atoms with van der Waals surface area (Å²) in [4.78, 5) is 9.38. The smallest absolute Gasteiger partial charge is 0.324 e. The predicted molar refractivity (Wildman–Crippen MR) is 78.2 cm³/mol. The minimum atomic E-state index is -4.10. The van der Waals surface area contributed by atoms with Crippen molar-refractivity contribution in [3.63, 3.8) is 0 Å². The van der Waals surface area contributed by atoms with Crippen LogP contribution in [-0.4, -0.2) is 36.8 Å². The highest BCUT2D eigenvalue weighted by Crippen LogP contribution is 2.31. The molecule has 0 spiro atoms. The van der Waals surface area contributed by atoms with E-state index >= 15 is 0 Å². The topological polar surface area (TPSA) is 107 Å². The fraction of sp³-hybridized carbons (Fsp3) is 0.538. The van der Waals surface area contributed by atoms with Crippen molar-refractivity contribution in [2.24, 2.45) is 11.7 Å². The predicted octanol–water partition coefficient (Wildman–Crippen LogP) is 1.48. The molecule has 1 heterocycles. The zero-order valence-corrected chi connectivity index (χ0v) is 12.9. The molecule has 22 heavy (non-hydrogen) atoms. The van der Waals surface area contributed by atoms with E-state index in [2.05, 4.69) is 0 Å². The highest BCUT2D eigenvalue weighted by atomic mass is 32.2. The Morgan fingerprint density at radius 2 is 2.00 bits per heavy atom. The zero-order valence-electron chi connectivity index (χ0n) is 12.1. The number of sulfonamides is 1. The largest absolute Gasteiger partial charge is 0.328 e. The van der Waals surface area contributed by atoms with Gasteiger partial charge in [0.15, 0.2) is 4.90 Å². The number of rotatable bonds is 4. The van der Waals surface area contributed by atoms with E-state index in [1.807, 2.05) is 6.92 Å². The number of nitro benzene ring substituents is 1. The van der Waals surface area contributed by atoms with Crippen molar-refractivity contribution in [3.8, 4) is 0 Å². The van der Waals surface area contributed by atoms with Crippen molar-refractivity contribution in [3.05, 3.63) is 34.1 Å². The van der Waals surface area contributed by atoms with Gasteiger partial charge in [-0.15, -0.1) is 0 Å². The molecular weight excluding hydrogens is 313 g/mol. The van der Waals surface area contributed by atoms with Gasteiger partial charge in [-0.1, -0.05) is 6.07 Å². The van der Waals surface area contributed by atoms with Gasteiger partial charge in [-0.2, -0.15) is 8.70 Å². The van der Waals surface area contributed by atoms with E-state index in [0.29, 0.717) is 12.8 Å². The molecule has 9 heteroatoms. The molecule has 1 fully saturated rings. The van der Waals surface area contributed by atoms with Gasteiger partial charge in [-0.05, 0) is 37.8 Å². The number of halogens is 1. The lowest BCUT2D eigenvalue weighted by Crippen LogP contribution is -2.42. The Kier molecular flexibility index (Phi) is 4.78. The van der Waals surface area contributed by atoms with Crippen LogP contribution in [0.15, 0.2) is 23.1 Å². The summed E-state index contributed by atoms with van der Waals surface area (Å²) in [5, 5.41) is 11.0. The standard InChI is InChI=1S/C13H18FN3O4S/c1-9(15)10-5-7-16(8-6-10)22(20,21)12-4-2-3-11(14)13(12)17(18)19/h2-4,9-10H,5-8,15H2,1H3. The van der Waals surface area contributed by atoms with Gasteiger partial charge < -0.3 is 5.73 Å². The van der Waals surface area contributed by atoms with E-state index in [1.165, 1.54) is 0 Å². The lowest BCUT2D eigenvalue weighted by molar-refractivity contribution is -0.390. The van der Waals surface area contributed by atoms with Crippen LogP contribution in [0.3, 0.4) is 0 Å². The first-order valence-corrected chi connectivity index (χ1v) is 8.37. The Balaban J connectivity index is 2.33. The molecule has 0 aliphatic carbocycles. The van der Waals surface area contributed by atoms with Gasteiger partial charge in [0.05, 0.1) is 4.92 Å². The number of nitrogens with zero attached hydrogens (tertiary/aromatic N) is 2. The Morgan fingerprint density at radius 1 is 1.41 bits per heavy atom. The third-order valence-corrected chi connectivity index (χ3v) is 5.92. The van der Waals surface area contributed by atoms with Crippen molar-refractivity contribution in [1.29, 1.82) is 0 Å². The highest BCUT2D eigenvalue weighted by Gasteiger charge is 2.36. The van der Waals surface area contributed by atoms with Crippen LogP contribution < -0.4 is 5.73 Å². The maximum atomic E-state index is 13.6. The van der Waals surface area contributed by atoms with Crippen LogP contribution in [0.2, 0.25) is 0 Å².